The van der Waals surface area contributed by atoms with E-state index in [1.165, 1.54) is 11.3 Å². The van der Waals surface area contributed by atoms with Crippen LogP contribution in [0.5, 0.6) is 0 Å². The smallest absolute Gasteiger partial charge is 0.369 e. The highest BCUT2D eigenvalue weighted by Gasteiger charge is 2.18. The van der Waals surface area contributed by atoms with Gasteiger partial charge in [-0.15, -0.1) is 0 Å². The third kappa shape index (κ3) is 1.81. The quantitative estimate of drug-likeness (QED) is 0.815. The lowest BCUT2D eigenvalue weighted by molar-refractivity contribution is 0.374. The van der Waals surface area contributed by atoms with Gasteiger partial charge >= 0.3 is 5.76 Å². The minimum absolute atomic E-state index is 0.375. The lowest BCUT2D eigenvalue weighted by atomic mass is 10.2. The molecule has 2 heterocycles. The molecule has 5 nitrogen and oxygen atoms in total. The molecule has 0 atom stereocenters. The van der Waals surface area contributed by atoms with Crippen molar-refractivity contribution < 1.29 is 4.52 Å². The van der Waals surface area contributed by atoms with Gasteiger partial charge in [0.05, 0.1) is 0 Å². The van der Waals surface area contributed by atoms with Crippen LogP contribution in [0.15, 0.2) is 33.6 Å². The lowest BCUT2D eigenvalue weighted by Crippen LogP contribution is -2.28. The topological polar surface area (TPSA) is 51.3 Å². The average Bonchev–Trinajstić information content (AvgIpc) is 2.93. The first kappa shape index (κ1) is 11.1. The fraction of sp³-hybridized carbons (Fsp3) is 0.385. The van der Waals surface area contributed by atoms with Crippen LogP contribution in [0.3, 0.4) is 0 Å². The Morgan fingerprint density at radius 3 is 2.94 bits per heavy atom. The van der Waals surface area contributed by atoms with E-state index in [4.69, 9.17) is 0 Å². The summed E-state index contributed by atoms with van der Waals surface area (Å²) < 4.78 is 6.19. The van der Waals surface area contributed by atoms with Crippen LogP contribution < -0.4 is 10.7 Å². The highest BCUT2D eigenvalue weighted by Crippen LogP contribution is 2.26. The number of hydrogen-bond acceptors (Lipinski definition) is 4. The second kappa shape index (κ2) is 4.33. The molecular weight excluding hydrogens is 230 g/mol. The maximum Gasteiger partial charge on any atom is 0.441 e. The van der Waals surface area contributed by atoms with E-state index in [1.807, 2.05) is 6.07 Å². The van der Waals surface area contributed by atoms with E-state index in [1.54, 1.807) is 11.5 Å². The van der Waals surface area contributed by atoms with Crippen molar-refractivity contribution in [2.45, 2.75) is 19.9 Å². The van der Waals surface area contributed by atoms with Crippen molar-refractivity contribution in [2.75, 3.05) is 18.0 Å². The molecule has 5 heteroatoms. The molecule has 0 saturated heterocycles. The molecule has 1 aliphatic rings. The minimum Gasteiger partial charge on any atom is -0.369 e. The van der Waals surface area contributed by atoms with Crippen LogP contribution in [-0.4, -0.2) is 22.8 Å². The van der Waals surface area contributed by atoms with E-state index in [-0.39, 0.29) is 5.76 Å². The summed E-state index contributed by atoms with van der Waals surface area (Å²) in [5.41, 5.74) is 2.66. The molecular formula is C13H15N3O2. The lowest BCUT2D eigenvalue weighted by Gasteiger charge is -2.19. The molecule has 0 saturated carbocycles. The van der Waals surface area contributed by atoms with E-state index < -0.39 is 0 Å². The first-order valence-electron chi connectivity index (χ1n) is 6.11. The van der Waals surface area contributed by atoms with Gasteiger partial charge in [-0.1, -0.05) is 23.4 Å². The summed E-state index contributed by atoms with van der Waals surface area (Å²) in [5.74, 6) is 0.257. The second-order valence-corrected chi connectivity index (χ2v) is 4.51. The van der Waals surface area contributed by atoms with Crippen LogP contribution in [0.4, 0.5) is 5.69 Å². The fourth-order valence-corrected chi connectivity index (χ4v) is 2.45. The van der Waals surface area contributed by atoms with Gasteiger partial charge in [-0.3, -0.25) is 9.09 Å². The van der Waals surface area contributed by atoms with E-state index in [0.29, 0.717) is 12.4 Å². The molecule has 1 aromatic carbocycles. The zero-order valence-corrected chi connectivity index (χ0v) is 10.3. The Bertz CT molecular complexity index is 615. The van der Waals surface area contributed by atoms with Gasteiger partial charge in [0.2, 0.25) is 0 Å². The van der Waals surface area contributed by atoms with Crippen LogP contribution in [0.25, 0.3) is 0 Å². The summed E-state index contributed by atoms with van der Waals surface area (Å²) in [6.45, 7) is 4.21. The molecule has 3 rings (SSSR count). The van der Waals surface area contributed by atoms with Crippen LogP contribution in [0.2, 0.25) is 0 Å². The Morgan fingerprint density at radius 1 is 1.33 bits per heavy atom. The summed E-state index contributed by atoms with van der Waals surface area (Å²) in [6.07, 6.45) is 1.08. The van der Waals surface area contributed by atoms with Gasteiger partial charge in [-0.2, -0.15) is 0 Å². The third-order valence-corrected chi connectivity index (χ3v) is 3.44. The molecule has 0 spiro atoms. The molecule has 0 aliphatic carbocycles. The van der Waals surface area contributed by atoms with Gasteiger partial charge < -0.3 is 4.90 Å². The van der Waals surface area contributed by atoms with Crippen molar-refractivity contribution in [1.29, 1.82) is 0 Å². The maximum absolute atomic E-state index is 11.4. The summed E-state index contributed by atoms with van der Waals surface area (Å²) in [5, 5.41) is 3.66. The number of rotatable bonds is 3. The van der Waals surface area contributed by atoms with Gasteiger partial charge in [-0.05, 0) is 25.0 Å². The number of para-hydroxylation sites is 1. The van der Waals surface area contributed by atoms with Crippen molar-refractivity contribution in [2.24, 2.45) is 0 Å². The Kier molecular flexibility index (Phi) is 2.66. The van der Waals surface area contributed by atoms with Crippen LogP contribution in [0.1, 0.15) is 11.4 Å². The molecule has 1 aliphatic heterocycles. The Balaban J connectivity index is 1.74. The zero-order chi connectivity index (χ0) is 12.5. The summed E-state index contributed by atoms with van der Waals surface area (Å²) in [6, 6.07) is 8.41. The maximum atomic E-state index is 11.4. The van der Waals surface area contributed by atoms with Crippen molar-refractivity contribution in [1.82, 2.24) is 9.72 Å². The number of anilines is 1. The molecule has 94 valence electrons. The highest BCUT2D eigenvalue weighted by molar-refractivity contribution is 5.57. The fourth-order valence-electron chi connectivity index (χ4n) is 2.45. The van der Waals surface area contributed by atoms with Crippen molar-refractivity contribution >= 4 is 5.69 Å². The zero-order valence-electron chi connectivity index (χ0n) is 10.3. The molecule has 2 aromatic rings. The van der Waals surface area contributed by atoms with Crippen molar-refractivity contribution in [3.8, 4) is 0 Å². The monoisotopic (exact) mass is 245 g/mol. The Hall–Kier alpha value is -2.04. The molecule has 0 fully saturated rings. The van der Waals surface area contributed by atoms with Crippen LogP contribution >= 0.6 is 0 Å². The summed E-state index contributed by atoms with van der Waals surface area (Å²) in [7, 11) is 0. The molecule has 0 N–H and O–H groups in total. The largest absolute Gasteiger partial charge is 0.441 e. The second-order valence-electron chi connectivity index (χ2n) is 4.51. The van der Waals surface area contributed by atoms with Gasteiger partial charge in [0, 0.05) is 25.3 Å². The highest BCUT2D eigenvalue weighted by atomic mass is 16.5. The van der Waals surface area contributed by atoms with Crippen molar-refractivity contribution in [3.05, 3.63) is 46.2 Å². The minimum atomic E-state index is -0.375. The predicted octanol–water partition coefficient (Wildman–Crippen LogP) is 1.21. The number of aromatic nitrogens is 2. The molecule has 0 amide bonds. The summed E-state index contributed by atoms with van der Waals surface area (Å²) in [4.78, 5) is 13.7. The van der Waals surface area contributed by atoms with E-state index in [0.717, 1.165) is 19.5 Å². The molecule has 0 unspecified atom stereocenters. The van der Waals surface area contributed by atoms with Gasteiger partial charge in [-0.25, -0.2) is 4.79 Å². The Morgan fingerprint density at radius 2 is 2.17 bits per heavy atom. The first-order chi connectivity index (χ1) is 8.75. The molecule has 0 radical (unpaired) electrons. The molecule has 18 heavy (non-hydrogen) atoms. The first-order valence-corrected chi connectivity index (χ1v) is 6.11. The average molecular weight is 245 g/mol. The van der Waals surface area contributed by atoms with Gasteiger partial charge in [0.15, 0.2) is 5.82 Å². The van der Waals surface area contributed by atoms with Crippen LogP contribution in [-0.2, 0) is 13.0 Å². The Labute approximate surface area is 105 Å². The predicted molar refractivity (Wildman–Crippen MR) is 67.9 cm³/mol. The number of hydrogen-bond donors (Lipinski definition) is 0. The molecule has 0 bridgehead atoms. The van der Waals surface area contributed by atoms with Crippen molar-refractivity contribution in [3.63, 3.8) is 0 Å². The number of benzene rings is 1. The molecule has 1 aromatic heterocycles. The van der Waals surface area contributed by atoms with Gasteiger partial charge in [0.1, 0.15) is 0 Å². The van der Waals surface area contributed by atoms with E-state index >= 15 is 0 Å². The summed E-state index contributed by atoms with van der Waals surface area (Å²) >= 11 is 0. The van der Waals surface area contributed by atoms with Crippen LogP contribution in [0, 0.1) is 6.92 Å². The number of nitrogens with zero attached hydrogens (tertiary/aromatic N) is 3. The number of fused-ring (bicyclic) bond motifs is 1. The van der Waals surface area contributed by atoms with Gasteiger partial charge in [0.25, 0.3) is 0 Å². The van der Waals surface area contributed by atoms with E-state index in [2.05, 4.69) is 32.8 Å². The SMILES string of the molecule is Cc1noc(=O)n1CCN1CCc2ccccc21. The third-order valence-electron chi connectivity index (χ3n) is 3.44. The number of aryl methyl sites for hydroxylation is 1. The van der Waals surface area contributed by atoms with E-state index in [9.17, 15) is 4.79 Å². The normalized spacial score (nSPS) is 13.9. The standard InChI is InChI=1S/C13H15N3O2/c1-10-14-18-13(17)16(10)9-8-15-7-6-11-4-2-3-5-12(11)15/h2-5H,6-9H2,1H3.